The van der Waals surface area contributed by atoms with E-state index in [4.69, 9.17) is 9.47 Å². The number of rotatable bonds is 0. The first kappa shape index (κ1) is 8.67. The van der Waals surface area contributed by atoms with E-state index in [-0.39, 0.29) is 0 Å². The van der Waals surface area contributed by atoms with Crippen LogP contribution >= 0.6 is 0 Å². The van der Waals surface area contributed by atoms with Crippen molar-refractivity contribution in [2.75, 3.05) is 0 Å². The van der Waals surface area contributed by atoms with Crippen molar-refractivity contribution >= 4 is 0 Å². The summed E-state index contributed by atoms with van der Waals surface area (Å²) in [7, 11) is 0. The average Bonchev–Trinajstić information content (AvgIpc) is 2.72. The summed E-state index contributed by atoms with van der Waals surface area (Å²) >= 11 is 0. The van der Waals surface area contributed by atoms with Crippen LogP contribution in [-0.2, 0) is 9.47 Å². The zero-order chi connectivity index (χ0) is 10.1. The van der Waals surface area contributed by atoms with E-state index in [1.807, 2.05) is 0 Å². The summed E-state index contributed by atoms with van der Waals surface area (Å²) in [5, 5.41) is 29.5. The van der Waals surface area contributed by atoms with E-state index >= 15 is 0 Å². The van der Waals surface area contributed by atoms with E-state index in [1.54, 1.807) is 6.92 Å². The number of fused-ring (bicyclic) bond motifs is 3. The number of aliphatic hydroxyl groups excluding tert-OH is 2. The molecule has 5 nitrogen and oxygen atoms in total. The molecule has 0 spiro atoms. The molecular weight excluding hydrogens is 188 g/mol. The van der Waals surface area contributed by atoms with Gasteiger partial charge in [-0.1, -0.05) is 0 Å². The highest BCUT2D eigenvalue weighted by Crippen LogP contribution is 2.60. The standard InChI is InChI=1S/C9H12O5/c1-8-4-7(11)13-3-2-9(4,12)5(10)6(8)14-8/h2-7,10-12H,1H3/t4?,5-,6+,7?,8-,9+/m1/s1. The summed E-state index contributed by atoms with van der Waals surface area (Å²) in [6.07, 6.45) is 0.0804. The van der Waals surface area contributed by atoms with Crippen molar-refractivity contribution < 1.29 is 24.8 Å². The molecule has 0 bridgehead atoms. The molecule has 2 unspecified atom stereocenters. The van der Waals surface area contributed by atoms with Crippen molar-refractivity contribution in [3.8, 4) is 0 Å². The van der Waals surface area contributed by atoms with Crippen molar-refractivity contribution in [3.05, 3.63) is 12.3 Å². The molecule has 5 heteroatoms. The molecule has 0 amide bonds. The van der Waals surface area contributed by atoms with Crippen LogP contribution in [0.3, 0.4) is 0 Å². The van der Waals surface area contributed by atoms with Crippen LogP contribution in [0.4, 0.5) is 0 Å². The molecule has 0 aromatic heterocycles. The summed E-state index contributed by atoms with van der Waals surface area (Å²) in [4.78, 5) is 0. The van der Waals surface area contributed by atoms with Crippen LogP contribution < -0.4 is 0 Å². The van der Waals surface area contributed by atoms with Crippen molar-refractivity contribution in [1.29, 1.82) is 0 Å². The summed E-state index contributed by atoms with van der Waals surface area (Å²) in [5.41, 5.74) is -2.09. The number of aliphatic hydroxyl groups is 3. The van der Waals surface area contributed by atoms with Crippen molar-refractivity contribution in [1.82, 2.24) is 0 Å². The van der Waals surface area contributed by atoms with Crippen molar-refractivity contribution in [3.63, 3.8) is 0 Å². The molecule has 78 valence electrons. The molecule has 3 N–H and O–H groups in total. The summed E-state index contributed by atoms with van der Waals surface area (Å²) in [6.45, 7) is 1.76. The fourth-order valence-electron chi connectivity index (χ4n) is 2.77. The van der Waals surface area contributed by atoms with Gasteiger partial charge in [-0.2, -0.15) is 0 Å². The van der Waals surface area contributed by atoms with Gasteiger partial charge in [0.15, 0.2) is 0 Å². The van der Waals surface area contributed by atoms with Gasteiger partial charge in [0, 0.05) is 0 Å². The highest BCUT2D eigenvalue weighted by Gasteiger charge is 2.78. The first-order valence-corrected chi connectivity index (χ1v) is 4.59. The van der Waals surface area contributed by atoms with Gasteiger partial charge in [0.05, 0.1) is 12.2 Å². The van der Waals surface area contributed by atoms with Crippen LogP contribution in [0.2, 0.25) is 0 Å². The highest BCUT2D eigenvalue weighted by atomic mass is 16.6. The number of epoxide rings is 1. The predicted molar refractivity (Wildman–Crippen MR) is 44.0 cm³/mol. The zero-order valence-corrected chi connectivity index (χ0v) is 7.62. The minimum Gasteiger partial charge on any atom is -0.472 e. The Bertz CT molecular complexity index is 316. The third-order valence-electron chi connectivity index (χ3n) is 3.60. The van der Waals surface area contributed by atoms with E-state index in [2.05, 4.69) is 0 Å². The lowest BCUT2D eigenvalue weighted by Gasteiger charge is -2.38. The fourth-order valence-corrected chi connectivity index (χ4v) is 2.77. The minimum atomic E-state index is -1.42. The quantitative estimate of drug-likeness (QED) is 0.425. The second-order valence-corrected chi connectivity index (χ2v) is 4.36. The Kier molecular flexibility index (Phi) is 1.32. The normalized spacial score (nSPS) is 64.3. The Morgan fingerprint density at radius 3 is 2.71 bits per heavy atom. The molecule has 2 aliphatic heterocycles. The van der Waals surface area contributed by atoms with Crippen LogP contribution in [0.1, 0.15) is 6.92 Å². The van der Waals surface area contributed by atoms with Gasteiger partial charge in [-0.05, 0) is 13.0 Å². The summed E-state index contributed by atoms with van der Waals surface area (Å²) < 4.78 is 10.2. The molecule has 14 heavy (non-hydrogen) atoms. The first-order chi connectivity index (χ1) is 6.50. The van der Waals surface area contributed by atoms with Gasteiger partial charge < -0.3 is 24.8 Å². The minimum absolute atomic E-state index is 0.404. The Hall–Kier alpha value is -0.620. The molecule has 1 aliphatic carbocycles. The smallest absolute Gasteiger partial charge is 0.205 e. The second-order valence-electron chi connectivity index (χ2n) is 4.36. The molecule has 1 saturated carbocycles. The second kappa shape index (κ2) is 2.14. The molecule has 3 aliphatic rings. The lowest BCUT2D eigenvalue weighted by Crippen LogP contribution is -2.53. The summed E-state index contributed by atoms with van der Waals surface area (Å²) in [6, 6.07) is 0. The van der Waals surface area contributed by atoms with Gasteiger partial charge in [0.2, 0.25) is 6.29 Å². The van der Waals surface area contributed by atoms with Crippen LogP contribution in [0.15, 0.2) is 12.3 Å². The largest absolute Gasteiger partial charge is 0.472 e. The van der Waals surface area contributed by atoms with E-state index < -0.39 is 35.6 Å². The fraction of sp³-hybridized carbons (Fsp3) is 0.778. The number of hydrogen-bond acceptors (Lipinski definition) is 5. The molecular formula is C9H12O5. The van der Waals surface area contributed by atoms with Gasteiger partial charge in [-0.3, -0.25) is 0 Å². The van der Waals surface area contributed by atoms with E-state index in [9.17, 15) is 15.3 Å². The summed E-state index contributed by atoms with van der Waals surface area (Å²) in [5.74, 6) is -0.625. The zero-order valence-electron chi connectivity index (χ0n) is 7.62. The number of hydrogen-bond donors (Lipinski definition) is 3. The average molecular weight is 200 g/mol. The molecule has 1 saturated heterocycles. The Labute approximate surface area is 80.6 Å². The van der Waals surface area contributed by atoms with Crippen LogP contribution in [-0.4, -0.2) is 45.0 Å². The van der Waals surface area contributed by atoms with Crippen LogP contribution in [0, 0.1) is 5.92 Å². The molecule has 2 fully saturated rings. The van der Waals surface area contributed by atoms with E-state index in [1.165, 1.54) is 12.3 Å². The Morgan fingerprint density at radius 2 is 2.07 bits per heavy atom. The highest BCUT2D eigenvalue weighted by molar-refractivity contribution is 5.30. The van der Waals surface area contributed by atoms with Crippen LogP contribution in [0.5, 0.6) is 0 Å². The van der Waals surface area contributed by atoms with E-state index in [0.29, 0.717) is 0 Å². The van der Waals surface area contributed by atoms with Gasteiger partial charge in [-0.15, -0.1) is 0 Å². The lowest BCUT2D eigenvalue weighted by atomic mass is 9.82. The van der Waals surface area contributed by atoms with E-state index in [0.717, 1.165) is 0 Å². The topological polar surface area (TPSA) is 82.5 Å². The molecule has 0 aromatic rings. The monoisotopic (exact) mass is 200 g/mol. The molecule has 0 aromatic carbocycles. The Morgan fingerprint density at radius 1 is 1.36 bits per heavy atom. The maximum atomic E-state index is 10.2. The van der Waals surface area contributed by atoms with Crippen molar-refractivity contribution in [2.45, 2.75) is 36.6 Å². The lowest BCUT2D eigenvalue weighted by molar-refractivity contribution is -0.200. The van der Waals surface area contributed by atoms with Gasteiger partial charge in [-0.25, -0.2) is 0 Å². The first-order valence-electron chi connectivity index (χ1n) is 4.59. The van der Waals surface area contributed by atoms with Crippen LogP contribution in [0.25, 0.3) is 0 Å². The van der Waals surface area contributed by atoms with Crippen molar-refractivity contribution in [2.24, 2.45) is 5.92 Å². The molecule has 0 radical (unpaired) electrons. The molecule has 6 atom stereocenters. The van der Waals surface area contributed by atoms with Gasteiger partial charge >= 0.3 is 0 Å². The molecule has 2 heterocycles. The third kappa shape index (κ3) is 0.716. The van der Waals surface area contributed by atoms with Gasteiger partial charge in [0.25, 0.3) is 0 Å². The van der Waals surface area contributed by atoms with Gasteiger partial charge in [0.1, 0.15) is 23.4 Å². The SMILES string of the molecule is C[C@]12O[C@H]1[C@@H](O)[C@]1(O)C=COC(O)C12. The Balaban J connectivity index is 2.08. The molecule has 3 rings (SSSR count). The maximum absolute atomic E-state index is 10.2. The number of ether oxygens (including phenoxy) is 2. The predicted octanol–water partition coefficient (Wildman–Crippen LogP) is -1.27. The maximum Gasteiger partial charge on any atom is 0.205 e. The third-order valence-corrected chi connectivity index (χ3v) is 3.60.